The molecule has 0 aliphatic carbocycles. The average molecular weight is 271 g/mol. The molecule has 1 amide bonds. The lowest BCUT2D eigenvalue weighted by atomic mass is 10.3. The minimum atomic E-state index is -0.578. The molecule has 1 N–H and O–H groups in total. The third-order valence-electron chi connectivity index (χ3n) is 2.23. The van der Waals surface area contributed by atoms with Crippen LogP contribution < -0.4 is 10.1 Å². The second kappa shape index (κ2) is 6.20. The molecule has 0 saturated heterocycles. The van der Waals surface area contributed by atoms with Crippen molar-refractivity contribution < 1.29 is 14.5 Å². The van der Waals surface area contributed by atoms with Crippen LogP contribution in [0.5, 0.6) is 5.75 Å². The van der Waals surface area contributed by atoms with Crippen molar-refractivity contribution in [1.82, 2.24) is 4.98 Å². The van der Waals surface area contributed by atoms with E-state index in [2.05, 4.69) is 10.3 Å². The van der Waals surface area contributed by atoms with Crippen molar-refractivity contribution in [3.05, 3.63) is 22.4 Å². The van der Waals surface area contributed by atoms with Gasteiger partial charge in [-0.2, -0.15) is 11.8 Å². The smallest absolute Gasteiger partial charge is 0.291 e. The SMILES string of the molecule is COc1cc([N+](=O)[O-])cnc1NC(=O)C(C)SC. The molecule has 0 aliphatic rings. The van der Waals surface area contributed by atoms with E-state index in [1.807, 2.05) is 6.26 Å². The molecule has 1 atom stereocenters. The molecule has 1 aromatic rings. The normalized spacial score (nSPS) is 11.7. The second-order valence-electron chi connectivity index (χ2n) is 3.37. The van der Waals surface area contributed by atoms with Gasteiger partial charge in [0.15, 0.2) is 11.6 Å². The highest BCUT2D eigenvalue weighted by Crippen LogP contribution is 2.26. The molecule has 1 unspecified atom stereocenters. The third-order valence-corrected chi connectivity index (χ3v) is 3.15. The van der Waals surface area contributed by atoms with Gasteiger partial charge >= 0.3 is 0 Å². The molecule has 1 rings (SSSR count). The number of nitrogens with zero attached hydrogens (tertiary/aromatic N) is 2. The maximum atomic E-state index is 11.7. The predicted molar refractivity (Wildman–Crippen MR) is 69.1 cm³/mol. The quantitative estimate of drug-likeness (QED) is 0.647. The summed E-state index contributed by atoms with van der Waals surface area (Å²) in [7, 11) is 1.36. The zero-order chi connectivity index (χ0) is 13.7. The van der Waals surface area contributed by atoms with Crippen molar-refractivity contribution in [2.45, 2.75) is 12.2 Å². The van der Waals surface area contributed by atoms with Gasteiger partial charge in [0, 0.05) is 0 Å². The van der Waals surface area contributed by atoms with E-state index in [1.165, 1.54) is 24.9 Å². The van der Waals surface area contributed by atoms with E-state index in [0.29, 0.717) is 0 Å². The van der Waals surface area contributed by atoms with Crippen molar-refractivity contribution in [1.29, 1.82) is 0 Å². The zero-order valence-corrected chi connectivity index (χ0v) is 11.0. The molecular weight excluding hydrogens is 258 g/mol. The van der Waals surface area contributed by atoms with Gasteiger partial charge in [0.25, 0.3) is 5.69 Å². The predicted octanol–water partition coefficient (Wildman–Crippen LogP) is 1.69. The Bertz CT molecular complexity index is 466. The summed E-state index contributed by atoms with van der Waals surface area (Å²) in [4.78, 5) is 25.5. The zero-order valence-electron chi connectivity index (χ0n) is 10.2. The van der Waals surface area contributed by atoms with Gasteiger partial charge in [-0.05, 0) is 13.2 Å². The first kappa shape index (κ1) is 14.2. The van der Waals surface area contributed by atoms with Crippen LogP contribution >= 0.6 is 11.8 Å². The molecule has 18 heavy (non-hydrogen) atoms. The number of hydrogen-bond acceptors (Lipinski definition) is 6. The number of methoxy groups -OCH3 is 1. The van der Waals surface area contributed by atoms with Crippen LogP contribution in [-0.4, -0.2) is 34.4 Å². The lowest BCUT2D eigenvalue weighted by Crippen LogP contribution is -2.23. The van der Waals surface area contributed by atoms with Crippen molar-refractivity contribution in [3.8, 4) is 5.75 Å². The molecular formula is C10H13N3O4S. The summed E-state index contributed by atoms with van der Waals surface area (Å²) in [5.41, 5.74) is -0.192. The number of anilines is 1. The van der Waals surface area contributed by atoms with Crippen LogP contribution in [-0.2, 0) is 4.79 Å². The van der Waals surface area contributed by atoms with Gasteiger partial charge in [-0.3, -0.25) is 14.9 Å². The molecule has 98 valence electrons. The van der Waals surface area contributed by atoms with Crippen LogP contribution in [0.15, 0.2) is 12.3 Å². The Kier molecular flexibility index (Phi) is 4.90. The fourth-order valence-electron chi connectivity index (χ4n) is 1.11. The van der Waals surface area contributed by atoms with Crippen LogP contribution in [0.1, 0.15) is 6.92 Å². The van der Waals surface area contributed by atoms with Gasteiger partial charge in [0.2, 0.25) is 5.91 Å². The Labute approximate surface area is 108 Å². The molecule has 0 fully saturated rings. The number of pyridine rings is 1. The number of ether oxygens (including phenoxy) is 1. The molecule has 0 saturated carbocycles. The number of carbonyl (C=O) groups is 1. The first-order chi connectivity index (χ1) is 8.49. The summed E-state index contributed by atoms with van der Waals surface area (Å²) in [6, 6.07) is 1.21. The van der Waals surface area contributed by atoms with Gasteiger partial charge in [0.1, 0.15) is 6.20 Å². The first-order valence-corrected chi connectivity index (χ1v) is 6.30. The molecule has 1 heterocycles. The summed E-state index contributed by atoms with van der Waals surface area (Å²) in [5.74, 6) is 0.0991. The Morgan fingerprint density at radius 1 is 1.67 bits per heavy atom. The molecule has 8 heteroatoms. The number of carbonyl (C=O) groups excluding carboxylic acids is 1. The van der Waals surface area contributed by atoms with Crippen molar-refractivity contribution in [2.24, 2.45) is 0 Å². The number of rotatable bonds is 5. The summed E-state index contributed by atoms with van der Waals surface area (Å²) in [6.45, 7) is 1.75. The van der Waals surface area contributed by atoms with Gasteiger partial charge < -0.3 is 10.1 Å². The fourth-order valence-corrected chi connectivity index (χ4v) is 1.38. The Hall–Kier alpha value is -1.83. The number of nitro groups is 1. The highest BCUT2D eigenvalue weighted by Gasteiger charge is 2.17. The van der Waals surface area contributed by atoms with E-state index in [9.17, 15) is 14.9 Å². The summed E-state index contributed by atoms with van der Waals surface area (Å²) < 4.78 is 4.96. The lowest BCUT2D eigenvalue weighted by Gasteiger charge is -2.11. The van der Waals surface area contributed by atoms with Crippen LogP contribution in [0.4, 0.5) is 11.5 Å². The Morgan fingerprint density at radius 2 is 2.33 bits per heavy atom. The van der Waals surface area contributed by atoms with E-state index in [4.69, 9.17) is 4.74 Å². The Morgan fingerprint density at radius 3 is 2.83 bits per heavy atom. The topological polar surface area (TPSA) is 94.4 Å². The number of nitrogens with one attached hydrogen (secondary N) is 1. The lowest BCUT2D eigenvalue weighted by molar-refractivity contribution is -0.385. The first-order valence-electron chi connectivity index (χ1n) is 5.01. The van der Waals surface area contributed by atoms with Crippen LogP contribution in [0.2, 0.25) is 0 Å². The van der Waals surface area contributed by atoms with Crippen molar-refractivity contribution >= 4 is 29.2 Å². The molecule has 0 bridgehead atoms. The maximum absolute atomic E-state index is 11.7. The highest BCUT2D eigenvalue weighted by atomic mass is 32.2. The van der Waals surface area contributed by atoms with E-state index < -0.39 is 4.92 Å². The van der Waals surface area contributed by atoms with Crippen LogP contribution in [0, 0.1) is 10.1 Å². The van der Waals surface area contributed by atoms with Crippen LogP contribution in [0.25, 0.3) is 0 Å². The fraction of sp³-hybridized carbons (Fsp3) is 0.400. The monoisotopic (exact) mass is 271 g/mol. The molecule has 0 aliphatic heterocycles. The Balaban J connectivity index is 2.96. The third kappa shape index (κ3) is 3.33. The van der Waals surface area contributed by atoms with Crippen molar-refractivity contribution in [3.63, 3.8) is 0 Å². The molecule has 7 nitrogen and oxygen atoms in total. The van der Waals surface area contributed by atoms with Crippen LogP contribution in [0.3, 0.4) is 0 Å². The number of thioether (sulfide) groups is 1. The van der Waals surface area contributed by atoms with Gasteiger partial charge in [-0.25, -0.2) is 4.98 Å². The van der Waals surface area contributed by atoms with Gasteiger partial charge in [-0.1, -0.05) is 0 Å². The largest absolute Gasteiger partial charge is 0.493 e. The minimum absolute atomic E-state index is 0.158. The van der Waals surface area contributed by atoms with E-state index in [0.717, 1.165) is 6.20 Å². The molecule has 0 radical (unpaired) electrons. The second-order valence-corrected chi connectivity index (χ2v) is 4.55. The number of hydrogen-bond donors (Lipinski definition) is 1. The molecule has 1 aromatic heterocycles. The van der Waals surface area contributed by atoms with E-state index in [-0.39, 0.29) is 28.4 Å². The summed E-state index contributed by atoms with van der Waals surface area (Å²) >= 11 is 1.38. The van der Waals surface area contributed by atoms with Gasteiger partial charge in [-0.15, -0.1) is 0 Å². The molecule has 0 spiro atoms. The van der Waals surface area contributed by atoms with E-state index in [1.54, 1.807) is 6.92 Å². The standard InChI is InChI=1S/C10H13N3O4S/c1-6(18-3)10(14)12-9-8(17-2)4-7(5-11-9)13(15)16/h4-6H,1-3H3,(H,11,12,14). The minimum Gasteiger partial charge on any atom is -0.493 e. The summed E-state index contributed by atoms with van der Waals surface area (Å²) in [5, 5.41) is 12.9. The van der Waals surface area contributed by atoms with Gasteiger partial charge in [0.05, 0.1) is 23.3 Å². The summed E-state index contributed by atoms with van der Waals surface area (Å²) in [6.07, 6.45) is 2.88. The maximum Gasteiger partial charge on any atom is 0.291 e. The average Bonchev–Trinajstić information content (AvgIpc) is 2.37. The number of amides is 1. The highest BCUT2D eigenvalue weighted by molar-refractivity contribution is 7.99. The van der Waals surface area contributed by atoms with E-state index >= 15 is 0 Å². The molecule has 0 aromatic carbocycles. The number of aromatic nitrogens is 1. The van der Waals surface area contributed by atoms with Crippen molar-refractivity contribution in [2.75, 3.05) is 18.7 Å².